The summed E-state index contributed by atoms with van der Waals surface area (Å²) in [4.78, 5) is 18.2. The first-order valence-corrected chi connectivity index (χ1v) is 12.2. The Bertz CT molecular complexity index is 1390. The molecule has 0 unspecified atom stereocenters. The lowest BCUT2D eigenvalue weighted by Crippen LogP contribution is -2.62. The van der Waals surface area contributed by atoms with Crippen LogP contribution >= 0.6 is 0 Å². The molecule has 3 aromatic rings. The van der Waals surface area contributed by atoms with Crippen molar-refractivity contribution in [2.24, 2.45) is 0 Å². The predicted molar refractivity (Wildman–Crippen MR) is 135 cm³/mol. The minimum atomic E-state index is -3.19. The summed E-state index contributed by atoms with van der Waals surface area (Å²) < 4.78 is 63.8. The number of amides is 1. The quantitative estimate of drug-likeness (QED) is 0.454. The molecule has 2 N–H and O–H groups in total. The predicted octanol–water partition coefficient (Wildman–Crippen LogP) is 5.02. The van der Waals surface area contributed by atoms with Crippen LogP contribution in [0.3, 0.4) is 0 Å². The fourth-order valence-electron chi connectivity index (χ4n) is 5.13. The Labute approximate surface area is 217 Å². The highest BCUT2D eigenvalue weighted by atomic mass is 19.3. The van der Waals surface area contributed by atoms with Gasteiger partial charge >= 0.3 is 0 Å². The Balaban J connectivity index is 1.48. The molecule has 1 aromatic heterocycles. The minimum Gasteiger partial charge on any atom is -0.393 e. The van der Waals surface area contributed by atoms with Gasteiger partial charge in [0.2, 0.25) is 0 Å². The van der Waals surface area contributed by atoms with E-state index in [1.807, 2.05) is 6.92 Å². The van der Waals surface area contributed by atoms with E-state index in [1.165, 1.54) is 12.1 Å². The number of nitrogens with zero attached hydrogens (tertiary/aromatic N) is 2. The number of aliphatic hydroxyl groups excluding tert-OH is 1. The fraction of sp³-hybridized carbons (Fsp3) is 0.357. The van der Waals surface area contributed by atoms with Crippen molar-refractivity contribution in [2.45, 2.75) is 37.9 Å². The van der Waals surface area contributed by atoms with Crippen molar-refractivity contribution >= 4 is 17.3 Å². The molecule has 0 bridgehead atoms. The van der Waals surface area contributed by atoms with E-state index in [9.17, 15) is 18.7 Å². The van der Waals surface area contributed by atoms with Crippen molar-refractivity contribution in [3.8, 4) is 11.1 Å². The van der Waals surface area contributed by atoms with Gasteiger partial charge in [0.15, 0.2) is 5.67 Å². The number of hydrogen-bond acceptors (Lipinski definition) is 5. The summed E-state index contributed by atoms with van der Waals surface area (Å²) in [6.07, 6.45) is 0.884. The number of morpholine rings is 1. The highest BCUT2D eigenvalue weighted by Crippen LogP contribution is 2.43. The molecule has 2 atom stereocenters. The van der Waals surface area contributed by atoms with Crippen LogP contribution in [0.4, 0.5) is 28.9 Å². The third kappa shape index (κ3) is 4.74. The number of benzene rings is 2. The highest BCUT2D eigenvalue weighted by molar-refractivity contribution is 6.04. The fourth-order valence-corrected chi connectivity index (χ4v) is 5.13. The van der Waals surface area contributed by atoms with Gasteiger partial charge in [0, 0.05) is 48.6 Å². The van der Waals surface area contributed by atoms with Crippen LogP contribution < -0.4 is 10.2 Å². The number of alkyl halides is 3. The number of fused-ring (bicyclic) bond motifs is 3. The summed E-state index contributed by atoms with van der Waals surface area (Å²) in [6.45, 7) is 2.60. The number of aliphatic hydroxyl groups is 1. The van der Waals surface area contributed by atoms with E-state index < -0.39 is 41.7 Å². The number of rotatable bonds is 5. The first kappa shape index (κ1) is 26.1. The van der Waals surface area contributed by atoms with E-state index in [-0.39, 0.29) is 24.2 Å². The van der Waals surface area contributed by atoms with Crippen LogP contribution in [0.1, 0.15) is 34.1 Å². The number of aryl methyl sites for hydroxylation is 1. The molecule has 0 aliphatic carbocycles. The maximum Gasteiger partial charge on any atom is 0.286 e. The molecule has 0 radical (unpaired) electrons. The second-order valence-corrected chi connectivity index (χ2v) is 9.91. The van der Waals surface area contributed by atoms with Crippen LogP contribution in [0.5, 0.6) is 0 Å². The number of carbonyl (C=O) groups is 1. The van der Waals surface area contributed by atoms with Gasteiger partial charge in [-0.25, -0.2) is 8.78 Å². The number of hydrogen-bond donors (Lipinski definition) is 2. The zero-order chi connectivity index (χ0) is 27.2. The number of anilines is 2. The molecule has 1 saturated heterocycles. The van der Waals surface area contributed by atoms with E-state index in [0.717, 1.165) is 17.8 Å². The molecule has 200 valence electrons. The molecule has 10 heteroatoms. The van der Waals surface area contributed by atoms with Gasteiger partial charge in [-0.15, -0.1) is 0 Å². The minimum absolute atomic E-state index is 0.0235. The summed E-state index contributed by atoms with van der Waals surface area (Å²) in [7, 11) is 0. The van der Waals surface area contributed by atoms with Crippen molar-refractivity contribution in [2.75, 3.05) is 36.6 Å². The van der Waals surface area contributed by atoms with Gasteiger partial charge in [-0.05, 0) is 60.0 Å². The summed E-state index contributed by atoms with van der Waals surface area (Å²) >= 11 is 0. The van der Waals surface area contributed by atoms with E-state index in [4.69, 9.17) is 4.74 Å². The lowest BCUT2D eigenvalue weighted by atomic mass is 9.81. The van der Waals surface area contributed by atoms with E-state index >= 15 is 8.78 Å². The molecule has 3 heterocycles. The van der Waals surface area contributed by atoms with Crippen LogP contribution in [0.15, 0.2) is 48.7 Å². The van der Waals surface area contributed by atoms with Gasteiger partial charge in [-0.2, -0.15) is 8.78 Å². The zero-order valence-electron chi connectivity index (χ0n) is 20.9. The van der Waals surface area contributed by atoms with Crippen LogP contribution in [0.25, 0.3) is 11.1 Å². The number of aromatic nitrogens is 1. The lowest BCUT2D eigenvalue weighted by molar-refractivity contribution is -0.0178. The molecule has 0 spiro atoms. The molecule has 2 aromatic carbocycles. The molecule has 1 amide bonds. The zero-order valence-corrected chi connectivity index (χ0v) is 20.9. The van der Waals surface area contributed by atoms with Gasteiger partial charge < -0.3 is 20.1 Å². The van der Waals surface area contributed by atoms with Crippen molar-refractivity contribution in [1.29, 1.82) is 0 Å². The van der Waals surface area contributed by atoms with Crippen molar-refractivity contribution in [3.05, 3.63) is 76.9 Å². The number of carbonyl (C=O) groups excluding carboxylic acids is 1. The van der Waals surface area contributed by atoms with Gasteiger partial charge in [0.25, 0.3) is 11.8 Å². The molecule has 1 fully saturated rings. The third-order valence-electron chi connectivity index (χ3n) is 7.22. The molecule has 0 saturated carbocycles. The van der Waals surface area contributed by atoms with Crippen molar-refractivity contribution in [3.63, 3.8) is 0 Å². The van der Waals surface area contributed by atoms with Gasteiger partial charge in [-0.1, -0.05) is 6.07 Å². The maximum absolute atomic E-state index is 15.6. The topological polar surface area (TPSA) is 74.7 Å². The summed E-state index contributed by atoms with van der Waals surface area (Å²) in [5.74, 6) is -4.37. The third-order valence-corrected chi connectivity index (χ3v) is 7.22. The van der Waals surface area contributed by atoms with Crippen LogP contribution in [0, 0.1) is 12.7 Å². The number of ether oxygens (including phenoxy) is 1. The molecule has 2 aliphatic rings. The van der Waals surface area contributed by atoms with E-state index in [1.54, 1.807) is 29.2 Å². The first-order valence-electron chi connectivity index (χ1n) is 12.2. The second-order valence-electron chi connectivity index (χ2n) is 9.91. The smallest absolute Gasteiger partial charge is 0.286 e. The summed E-state index contributed by atoms with van der Waals surface area (Å²) in [5, 5.41) is 12.5. The average molecular weight is 530 g/mol. The van der Waals surface area contributed by atoms with Gasteiger partial charge in [0.05, 0.1) is 25.9 Å². The van der Waals surface area contributed by atoms with Gasteiger partial charge in [0.1, 0.15) is 11.5 Å². The normalized spacial score (nSPS) is 21.0. The lowest BCUT2D eigenvalue weighted by Gasteiger charge is -2.48. The SMILES string of the molecule is Cc1ccc(NC(=O)c2ccnc(C(C)(F)F)c2)cc1-c1cc(F)c2c(c1)N1CCOC[C@H]1[C@@](F)(CO)C2. The van der Waals surface area contributed by atoms with E-state index in [2.05, 4.69) is 10.3 Å². The molecule has 38 heavy (non-hydrogen) atoms. The van der Waals surface area contributed by atoms with Crippen LogP contribution in [-0.4, -0.2) is 54.1 Å². The number of halogens is 4. The summed E-state index contributed by atoms with van der Waals surface area (Å²) in [6, 6.07) is 9.86. The second kappa shape index (κ2) is 9.67. The molecular weight excluding hydrogens is 502 g/mol. The Morgan fingerprint density at radius 2 is 2.05 bits per heavy atom. The monoisotopic (exact) mass is 529 g/mol. The highest BCUT2D eigenvalue weighted by Gasteiger charge is 2.49. The average Bonchev–Trinajstić information content (AvgIpc) is 2.90. The van der Waals surface area contributed by atoms with Crippen LogP contribution in [-0.2, 0) is 17.1 Å². The molecule has 5 rings (SSSR count). The van der Waals surface area contributed by atoms with Crippen molar-refractivity contribution in [1.82, 2.24) is 4.98 Å². The number of pyridine rings is 1. The van der Waals surface area contributed by atoms with Crippen molar-refractivity contribution < 1.29 is 32.2 Å². The maximum atomic E-state index is 15.6. The molecule has 2 aliphatic heterocycles. The molecular formula is C28H27F4N3O3. The Morgan fingerprint density at radius 1 is 1.26 bits per heavy atom. The molecule has 6 nitrogen and oxygen atoms in total. The Hall–Kier alpha value is -3.50. The number of nitrogens with one attached hydrogen (secondary N) is 1. The Kier molecular flexibility index (Phi) is 6.65. The Morgan fingerprint density at radius 3 is 2.79 bits per heavy atom. The standard InChI is InChI=1S/C28H27F4N3O3/c1-16-3-4-19(34-26(37)17-5-6-33-24(11-17)27(2,30)31)12-20(16)18-9-22(29)21-13-28(32,15-36)25-14-38-8-7-35(25)23(21)10-18/h3-6,9-12,25,36H,7-8,13-15H2,1-2H3,(H,34,37)/t25-,28-/m0/s1. The largest absolute Gasteiger partial charge is 0.393 e. The van der Waals surface area contributed by atoms with Crippen LogP contribution in [0.2, 0.25) is 0 Å². The summed E-state index contributed by atoms with van der Waals surface area (Å²) in [5.41, 5.74) is 0.613. The van der Waals surface area contributed by atoms with E-state index in [0.29, 0.717) is 42.6 Å². The van der Waals surface area contributed by atoms with Gasteiger partial charge in [-0.3, -0.25) is 9.78 Å². The first-order chi connectivity index (χ1) is 18.0.